The van der Waals surface area contributed by atoms with Crippen LogP contribution in [-0.2, 0) is 6.54 Å². The number of guanidine groups is 1. The number of oxazole rings is 1. The number of nitrogens with one attached hydrogen (secondary N) is 2. The maximum Gasteiger partial charge on any atom is 0.226 e. The number of hydrogen-bond acceptors (Lipinski definition) is 4. The lowest BCUT2D eigenvalue weighted by molar-refractivity contribution is 0.194. The van der Waals surface area contributed by atoms with Crippen LogP contribution in [0.15, 0.2) is 39.9 Å². The van der Waals surface area contributed by atoms with Gasteiger partial charge in [-0.2, -0.15) is 0 Å². The minimum Gasteiger partial charge on any atom is -0.444 e. The van der Waals surface area contributed by atoms with Crippen molar-refractivity contribution >= 4 is 5.96 Å². The van der Waals surface area contributed by atoms with Crippen LogP contribution in [0.1, 0.15) is 43.4 Å². The van der Waals surface area contributed by atoms with Gasteiger partial charge in [-0.15, -0.1) is 0 Å². The lowest BCUT2D eigenvalue weighted by Gasteiger charge is -2.31. The summed E-state index contributed by atoms with van der Waals surface area (Å²) in [5.41, 5.74) is 3.07. The zero-order chi connectivity index (χ0) is 19.8. The number of nitrogens with zero attached hydrogens (tertiary/aromatic N) is 3. The summed E-state index contributed by atoms with van der Waals surface area (Å²) in [6.45, 7) is 4.54. The van der Waals surface area contributed by atoms with Crippen molar-refractivity contribution in [2.24, 2.45) is 4.99 Å². The Hall–Kier alpha value is -2.34. The molecule has 0 bridgehead atoms. The van der Waals surface area contributed by atoms with Crippen LogP contribution in [0.5, 0.6) is 0 Å². The van der Waals surface area contributed by atoms with Crippen molar-refractivity contribution in [3.05, 3.63) is 41.8 Å². The molecular formula is C22H33N5O. The van der Waals surface area contributed by atoms with E-state index in [4.69, 9.17) is 4.42 Å². The van der Waals surface area contributed by atoms with Gasteiger partial charge >= 0.3 is 0 Å². The average Bonchev–Trinajstić information content (AvgIpc) is 3.20. The van der Waals surface area contributed by atoms with E-state index in [0.29, 0.717) is 12.4 Å². The van der Waals surface area contributed by atoms with Gasteiger partial charge < -0.3 is 20.0 Å². The van der Waals surface area contributed by atoms with Gasteiger partial charge in [-0.05, 0) is 38.9 Å². The number of aryl methyl sites for hydroxylation is 1. The summed E-state index contributed by atoms with van der Waals surface area (Å²) in [5, 5.41) is 6.70. The first kappa shape index (κ1) is 20.4. The van der Waals surface area contributed by atoms with E-state index in [1.165, 1.54) is 37.7 Å². The highest BCUT2D eigenvalue weighted by Crippen LogP contribution is 2.21. The number of hydrogen-bond donors (Lipinski definition) is 2. The van der Waals surface area contributed by atoms with Crippen molar-refractivity contribution < 1.29 is 4.42 Å². The number of likely N-dealkylation sites (N-methyl/N-ethyl adjacent to an activating group) is 1. The molecule has 0 spiro atoms. The van der Waals surface area contributed by atoms with Crippen LogP contribution >= 0.6 is 0 Å². The molecule has 6 heteroatoms. The Morgan fingerprint density at radius 1 is 1.18 bits per heavy atom. The Bertz CT molecular complexity index is 747. The maximum atomic E-state index is 5.62. The summed E-state index contributed by atoms with van der Waals surface area (Å²) in [5.74, 6) is 1.44. The maximum absolute atomic E-state index is 5.62. The number of rotatable bonds is 7. The van der Waals surface area contributed by atoms with E-state index < -0.39 is 0 Å². The van der Waals surface area contributed by atoms with Crippen molar-refractivity contribution in [2.75, 3.05) is 27.2 Å². The van der Waals surface area contributed by atoms with Crippen molar-refractivity contribution in [3.63, 3.8) is 0 Å². The third kappa shape index (κ3) is 5.83. The molecule has 0 radical (unpaired) electrons. The van der Waals surface area contributed by atoms with E-state index in [0.717, 1.165) is 36.3 Å². The van der Waals surface area contributed by atoms with Crippen molar-refractivity contribution in [3.8, 4) is 11.5 Å². The van der Waals surface area contributed by atoms with Crippen molar-refractivity contribution in [1.29, 1.82) is 0 Å². The molecule has 152 valence electrons. The molecular weight excluding hydrogens is 350 g/mol. The lowest BCUT2D eigenvalue weighted by Crippen LogP contribution is -2.43. The molecule has 3 rings (SSSR count). The van der Waals surface area contributed by atoms with Crippen LogP contribution in [0.4, 0.5) is 0 Å². The molecule has 28 heavy (non-hydrogen) atoms. The molecule has 6 nitrogen and oxygen atoms in total. The Morgan fingerprint density at radius 2 is 1.93 bits per heavy atom. The van der Waals surface area contributed by atoms with E-state index in [1.807, 2.05) is 12.1 Å². The first-order valence-corrected chi connectivity index (χ1v) is 10.3. The monoisotopic (exact) mass is 383 g/mol. The highest BCUT2D eigenvalue weighted by Gasteiger charge is 2.17. The van der Waals surface area contributed by atoms with Crippen LogP contribution in [0.3, 0.4) is 0 Å². The smallest absolute Gasteiger partial charge is 0.226 e. The second-order valence-corrected chi connectivity index (χ2v) is 7.64. The van der Waals surface area contributed by atoms with E-state index in [-0.39, 0.29) is 0 Å². The Labute approximate surface area is 168 Å². The third-order valence-corrected chi connectivity index (χ3v) is 5.47. The molecule has 0 aliphatic heterocycles. The summed E-state index contributed by atoms with van der Waals surface area (Å²) in [6, 6.07) is 8.92. The van der Waals surface area contributed by atoms with Crippen LogP contribution in [0.25, 0.3) is 11.5 Å². The predicted octanol–water partition coefficient (Wildman–Crippen LogP) is 3.58. The SMILES string of the molecule is CN=C(NCCN(C)C1CCCCC1)NCc1coc(-c2ccc(C)cc2)n1. The van der Waals surface area contributed by atoms with Crippen LogP contribution in [0.2, 0.25) is 0 Å². The molecule has 2 N–H and O–H groups in total. The third-order valence-electron chi connectivity index (χ3n) is 5.47. The predicted molar refractivity (Wildman–Crippen MR) is 114 cm³/mol. The average molecular weight is 384 g/mol. The zero-order valence-electron chi connectivity index (χ0n) is 17.4. The van der Waals surface area contributed by atoms with E-state index in [9.17, 15) is 0 Å². The van der Waals surface area contributed by atoms with Gasteiger partial charge in [0.2, 0.25) is 5.89 Å². The summed E-state index contributed by atoms with van der Waals surface area (Å²) in [6.07, 6.45) is 8.50. The molecule has 0 atom stereocenters. The topological polar surface area (TPSA) is 65.7 Å². The number of aliphatic imine (C=N–C) groups is 1. The van der Waals surface area contributed by atoms with Crippen LogP contribution in [0, 0.1) is 6.92 Å². The van der Waals surface area contributed by atoms with Crippen LogP contribution in [-0.4, -0.2) is 49.1 Å². The van der Waals surface area contributed by atoms with Gasteiger partial charge in [-0.1, -0.05) is 37.0 Å². The fraction of sp³-hybridized carbons (Fsp3) is 0.545. The quantitative estimate of drug-likeness (QED) is 0.565. The zero-order valence-corrected chi connectivity index (χ0v) is 17.4. The largest absolute Gasteiger partial charge is 0.444 e. The molecule has 1 aromatic heterocycles. The standard InChI is InChI=1S/C22H33N5O/c1-17-9-11-18(12-10-17)21-26-19(16-28-21)15-25-22(23-2)24-13-14-27(3)20-7-5-4-6-8-20/h9-12,16,20H,4-8,13-15H2,1-3H3,(H2,23,24,25). The first-order chi connectivity index (χ1) is 13.7. The highest BCUT2D eigenvalue weighted by molar-refractivity contribution is 5.79. The Balaban J connectivity index is 1.42. The summed E-state index contributed by atoms with van der Waals surface area (Å²) >= 11 is 0. The van der Waals surface area contributed by atoms with E-state index in [1.54, 1.807) is 13.3 Å². The Morgan fingerprint density at radius 3 is 2.64 bits per heavy atom. The van der Waals surface area contributed by atoms with Crippen LogP contribution < -0.4 is 10.6 Å². The second-order valence-electron chi connectivity index (χ2n) is 7.64. The summed E-state index contributed by atoms with van der Waals surface area (Å²) in [7, 11) is 4.02. The molecule has 1 heterocycles. The van der Waals surface area contributed by atoms with Gasteiger partial charge in [-0.3, -0.25) is 4.99 Å². The molecule has 1 fully saturated rings. The fourth-order valence-corrected chi connectivity index (χ4v) is 3.67. The second kappa shape index (κ2) is 10.3. The van der Waals surface area contributed by atoms with Gasteiger partial charge in [0, 0.05) is 31.7 Å². The molecule has 0 saturated heterocycles. The number of benzene rings is 1. The molecule has 1 aromatic carbocycles. The van der Waals surface area contributed by atoms with Crippen molar-refractivity contribution in [2.45, 2.75) is 51.6 Å². The van der Waals surface area contributed by atoms with Gasteiger partial charge in [-0.25, -0.2) is 4.98 Å². The van der Waals surface area contributed by atoms with E-state index in [2.05, 4.69) is 51.6 Å². The van der Waals surface area contributed by atoms with Crippen molar-refractivity contribution in [1.82, 2.24) is 20.5 Å². The summed E-state index contributed by atoms with van der Waals surface area (Å²) in [4.78, 5) is 11.3. The molecule has 0 amide bonds. The molecule has 1 aliphatic rings. The van der Waals surface area contributed by atoms with E-state index >= 15 is 0 Å². The molecule has 1 aliphatic carbocycles. The van der Waals surface area contributed by atoms with Gasteiger partial charge in [0.15, 0.2) is 5.96 Å². The first-order valence-electron chi connectivity index (χ1n) is 10.3. The molecule has 1 saturated carbocycles. The fourth-order valence-electron chi connectivity index (χ4n) is 3.67. The van der Waals surface area contributed by atoms with Gasteiger partial charge in [0.25, 0.3) is 0 Å². The van der Waals surface area contributed by atoms with Gasteiger partial charge in [0.1, 0.15) is 6.26 Å². The molecule has 2 aromatic rings. The highest BCUT2D eigenvalue weighted by atomic mass is 16.3. The lowest BCUT2D eigenvalue weighted by atomic mass is 9.94. The number of aromatic nitrogens is 1. The summed E-state index contributed by atoms with van der Waals surface area (Å²) < 4.78 is 5.62. The molecule has 0 unspecified atom stereocenters. The normalized spacial score (nSPS) is 15.8. The van der Waals surface area contributed by atoms with Gasteiger partial charge in [0.05, 0.1) is 12.2 Å². The minimum atomic E-state index is 0.577. The Kier molecular flexibility index (Phi) is 7.48. The minimum absolute atomic E-state index is 0.577.